The molecule has 1 heterocycles. The quantitative estimate of drug-likeness (QED) is 0.0698. The molecule has 3 aromatic carbocycles. The molecule has 0 radical (unpaired) electrons. The summed E-state index contributed by atoms with van der Waals surface area (Å²) < 4.78 is 21.0. The summed E-state index contributed by atoms with van der Waals surface area (Å²) in [5.41, 5.74) is 6.00. The van der Waals surface area contributed by atoms with E-state index >= 15 is 0 Å². The summed E-state index contributed by atoms with van der Waals surface area (Å²) in [6.07, 6.45) is 9.79. The molecule has 1 amide bonds. The summed E-state index contributed by atoms with van der Waals surface area (Å²) in [7, 11) is 0. The topological polar surface area (TPSA) is 134 Å². The molecule has 6 rings (SSSR count). The molecule has 0 saturated heterocycles. The molecule has 10 heteroatoms. The van der Waals surface area contributed by atoms with Crippen molar-refractivity contribution < 1.29 is 34.1 Å². The summed E-state index contributed by atoms with van der Waals surface area (Å²) in [6.45, 7) is 13.3. The molecule has 0 spiro atoms. The van der Waals surface area contributed by atoms with Gasteiger partial charge in [-0.15, -0.1) is 6.58 Å². The monoisotopic (exact) mass is 789 g/mol. The number of hydrogen-bond acceptors (Lipinski definition) is 9. The van der Waals surface area contributed by atoms with Crippen LogP contribution in [0.2, 0.25) is 0 Å². The van der Waals surface area contributed by atoms with Crippen molar-refractivity contribution in [3.8, 4) is 23.3 Å². The van der Waals surface area contributed by atoms with Crippen molar-refractivity contribution in [2.45, 2.75) is 96.8 Å². The highest BCUT2D eigenvalue weighted by atomic mass is 16.7. The zero-order valence-corrected chi connectivity index (χ0v) is 34.5. The van der Waals surface area contributed by atoms with E-state index < -0.39 is 17.7 Å². The van der Waals surface area contributed by atoms with Crippen molar-refractivity contribution in [1.82, 2.24) is 4.90 Å². The molecule has 3 aliphatic rings. The summed E-state index contributed by atoms with van der Waals surface area (Å²) in [5, 5.41) is 34.1. The largest absolute Gasteiger partial charge is 0.459 e. The molecule has 0 bridgehead atoms. The zero-order valence-electron chi connectivity index (χ0n) is 34.5. The molecular weight excluding hydrogens is 731 g/mol. The molecule has 10 nitrogen and oxygen atoms in total. The van der Waals surface area contributed by atoms with Gasteiger partial charge in [-0.1, -0.05) is 43.1 Å². The number of nitrogens with zero attached hydrogens (tertiary/aromatic N) is 3. The minimum atomic E-state index is -1.36. The normalized spacial score (nSPS) is 23.8. The molecule has 1 saturated carbocycles. The number of allylic oxidation sites excluding steroid dienone is 1. The van der Waals surface area contributed by atoms with Crippen molar-refractivity contribution in [3.05, 3.63) is 113 Å². The maximum atomic E-state index is 14.8. The zero-order chi connectivity index (χ0) is 41.2. The summed E-state index contributed by atoms with van der Waals surface area (Å²) in [5.74, 6) is 0.159. The second kappa shape index (κ2) is 19.7. The first-order valence-corrected chi connectivity index (χ1v) is 21.0. The number of rotatable bonds is 19. The number of aryl methyl sites for hydroxylation is 2. The number of carbonyl (C=O) groups is 1. The van der Waals surface area contributed by atoms with E-state index in [1.807, 2.05) is 43.0 Å². The van der Waals surface area contributed by atoms with Gasteiger partial charge in [0.15, 0.2) is 0 Å². The van der Waals surface area contributed by atoms with Crippen LogP contribution in [0.25, 0.3) is 0 Å². The number of amides is 1. The van der Waals surface area contributed by atoms with Crippen molar-refractivity contribution in [1.29, 1.82) is 5.26 Å². The number of unbranched alkanes of at least 4 members (excludes halogenated alkanes) is 2. The average molecular weight is 790 g/mol. The number of benzene rings is 3. The molecule has 6 atom stereocenters. The second-order valence-electron chi connectivity index (χ2n) is 15.7. The van der Waals surface area contributed by atoms with Gasteiger partial charge in [0.2, 0.25) is 5.79 Å². The molecule has 58 heavy (non-hydrogen) atoms. The van der Waals surface area contributed by atoms with Gasteiger partial charge in [0.1, 0.15) is 29.9 Å². The van der Waals surface area contributed by atoms with Gasteiger partial charge in [0.25, 0.3) is 5.91 Å². The van der Waals surface area contributed by atoms with Crippen LogP contribution >= 0.6 is 0 Å². The van der Waals surface area contributed by atoms with E-state index in [0.29, 0.717) is 61.5 Å². The Morgan fingerprint density at radius 3 is 2.40 bits per heavy atom. The third-order valence-corrected chi connectivity index (χ3v) is 12.0. The lowest BCUT2D eigenvalue weighted by Crippen LogP contribution is -2.70. The maximum Gasteiger partial charge on any atom is 0.254 e. The van der Waals surface area contributed by atoms with Gasteiger partial charge >= 0.3 is 0 Å². The fraction of sp³-hybridized carbons (Fsp3) is 0.479. The first-order valence-electron chi connectivity index (χ1n) is 21.0. The van der Waals surface area contributed by atoms with Crippen LogP contribution in [0.15, 0.2) is 90.1 Å². The number of ether oxygens (including phenoxy) is 3. The Bertz CT molecular complexity index is 2000. The van der Waals surface area contributed by atoms with E-state index in [1.165, 1.54) is 5.56 Å². The lowest BCUT2D eigenvalue weighted by molar-refractivity contribution is -0.254. The van der Waals surface area contributed by atoms with Crippen LogP contribution in [-0.4, -0.2) is 71.5 Å². The summed E-state index contributed by atoms with van der Waals surface area (Å²) in [6, 6.07) is 20.4. The standard InChI is InChI=1S/C48H59N3O7/c1-6-23-51(47(54)35-18-16-34(31-49)17-19-35)44-30-42(50-56-8-3)40-28-36(13-9-11-24-52)39(14-10-12-25-53)45-41-29-38(57-37-20-15-32(4)33(5)27-37)21-22-43(41)58-48(44,46(40)45)55-26-7-2/h7,15-22,27-29,36,39,44-46,52-53H,2,6,8-14,23-26,30H2,1,3-5H3. The van der Waals surface area contributed by atoms with Gasteiger partial charge in [-0.25, -0.2) is 0 Å². The first-order chi connectivity index (χ1) is 28.2. The predicted molar refractivity (Wildman–Crippen MR) is 225 cm³/mol. The second-order valence-corrected chi connectivity index (χ2v) is 15.7. The van der Waals surface area contributed by atoms with Gasteiger partial charge < -0.3 is 34.2 Å². The molecule has 2 N–H and O–H groups in total. The number of carbonyl (C=O) groups excluding carboxylic acids is 1. The first kappa shape index (κ1) is 42.7. The van der Waals surface area contributed by atoms with Gasteiger partial charge in [-0.3, -0.25) is 4.79 Å². The molecule has 3 aromatic rings. The number of aliphatic hydroxyl groups is 2. The Morgan fingerprint density at radius 2 is 1.72 bits per heavy atom. The minimum Gasteiger partial charge on any atom is -0.459 e. The number of aliphatic hydroxyl groups excluding tert-OH is 2. The highest BCUT2D eigenvalue weighted by Crippen LogP contribution is 2.62. The van der Waals surface area contributed by atoms with Crippen LogP contribution in [0.3, 0.4) is 0 Å². The molecular formula is C48H59N3O7. The maximum absolute atomic E-state index is 14.8. The van der Waals surface area contributed by atoms with Crippen molar-refractivity contribution in [2.75, 3.05) is 33.0 Å². The third-order valence-electron chi connectivity index (χ3n) is 12.0. The van der Waals surface area contributed by atoms with E-state index in [-0.39, 0.29) is 43.5 Å². The Kier molecular flexibility index (Phi) is 14.5. The molecule has 308 valence electrons. The molecule has 0 aromatic heterocycles. The van der Waals surface area contributed by atoms with Crippen molar-refractivity contribution in [2.24, 2.45) is 22.9 Å². The van der Waals surface area contributed by atoms with Crippen LogP contribution in [-0.2, 0) is 9.57 Å². The van der Waals surface area contributed by atoms with E-state index in [4.69, 9.17) is 24.2 Å². The third kappa shape index (κ3) is 8.87. The Morgan fingerprint density at radius 1 is 1.00 bits per heavy atom. The lowest BCUT2D eigenvalue weighted by Gasteiger charge is -2.60. The molecule has 6 unspecified atom stereocenters. The van der Waals surface area contributed by atoms with Gasteiger partial charge in [0, 0.05) is 43.2 Å². The smallest absolute Gasteiger partial charge is 0.254 e. The number of fused-ring (bicyclic) bond motifs is 2. The minimum absolute atomic E-state index is 0.0890. The Hall–Kier alpha value is -4.95. The van der Waals surface area contributed by atoms with E-state index in [1.54, 1.807) is 30.3 Å². The summed E-state index contributed by atoms with van der Waals surface area (Å²) >= 11 is 0. The van der Waals surface area contributed by atoms with Crippen LogP contribution < -0.4 is 9.47 Å². The molecule has 2 aliphatic carbocycles. The number of nitriles is 1. The fourth-order valence-electron chi connectivity index (χ4n) is 9.26. The van der Waals surface area contributed by atoms with Crippen LogP contribution in [0, 0.1) is 42.9 Å². The van der Waals surface area contributed by atoms with E-state index in [9.17, 15) is 20.3 Å². The average Bonchev–Trinajstić information content (AvgIpc) is 3.24. The van der Waals surface area contributed by atoms with Crippen molar-refractivity contribution >= 4 is 11.6 Å². The fourth-order valence-corrected chi connectivity index (χ4v) is 9.26. The van der Waals surface area contributed by atoms with Gasteiger partial charge in [-0.2, -0.15) is 5.26 Å². The SMILES string of the molecule is C=CCOC12Oc3ccc(Oc4ccc(C)c(C)c4)cc3C3C(CCCCO)C(CCCCO)C=C(C(=NOCC)CC1N(CCC)C(=O)c1ccc(C#N)cc1)C32. The van der Waals surface area contributed by atoms with Gasteiger partial charge in [-0.05, 0) is 136 Å². The highest BCUT2D eigenvalue weighted by molar-refractivity contribution is 6.03. The molecule has 1 aliphatic heterocycles. The van der Waals surface area contributed by atoms with E-state index in [0.717, 1.165) is 53.8 Å². The van der Waals surface area contributed by atoms with Gasteiger partial charge in [0.05, 0.1) is 29.9 Å². The van der Waals surface area contributed by atoms with E-state index in [2.05, 4.69) is 44.7 Å². The Balaban J connectivity index is 1.59. The van der Waals surface area contributed by atoms with Crippen LogP contribution in [0.4, 0.5) is 0 Å². The van der Waals surface area contributed by atoms with Crippen molar-refractivity contribution in [3.63, 3.8) is 0 Å². The number of hydrogen-bond donors (Lipinski definition) is 2. The predicted octanol–water partition coefficient (Wildman–Crippen LogP) is 9.17. The lowest BCUT2D eigenvalue weighted by atomic mass is 9.55. The molecule has 1 fully saturated rings. The summed E-state index contributed by atoms with van der Waals surface area (Å²) in [4.78, 5) is 22.5. The number of oxime groups is 1. The van der Waals surface area contributed by atoms with Crippen LogP contribution in [0.5, 0.6) is 17.2 Å². The highest BCUT2D eigenvalue weighted by Gasteiger charge is 2.65. The Labute approximate surface area is 343 Å². The van der Waals surface area contributed by atoms with Crippen LogP contribution in [0.1, 0.15) is 104 Å².